The number of amides is 2. The van der Waals surface area contributed by atoms with Crippen LogP contribution in [0.3, 0.4) is 0 Å². The molecular weight excluding hydrogens is 378 g/mol. The number of halogens is 1. The Hall–Kier alpha value is -2.38. The van der Waals surface area contributed by atoms with Crippen LogP contribution >= 0.6 is 12.4 Å². The lowest BCUT2D eigenvalue weighted by atomic mass is 9.93. The predicted octanol–water partition coefficient (Wildman–Crippen LogP) is 2.34. The van der Waals surface area contributed by atoms with Crippen molar-refractivity contribution in [2.45, 2.75) is 38.8 Å². The number of carbonyl (C=O) groups excluding carboxylic acids is 2. The lowest BCUT2D eigenvalue weighted by Gasteiger charge is -2.22. The molecule has 1 aliphatic heterocycles. The molecular formula is C20H28ClN5O2. The molecule has 1 aromatic heterocycles. The van der Waals surface area contributed by atoms with Gasteiger partial charge < -0.3 is 16.0 Å². The minimum absolute atomic E-state index is 0. The van der Waals surface area contributed by atoms with Crippen LogP contribution in [0.5, 0.6) is 0 Å². The fourth-order valence-corrected chi connectivity index (χ4v) is 3.30. The monoisotopic (exact) mass is 405 g/mol. The van der Waals surface area contributed by atoms with Crippen LogP contribution in [0.4, 0.5) is 5.69 Å². The standard InChI is InChI=1S/C20H27N5O2.ClH/c26-19(6-5-16-7-10-21-11-8-16)22-14-17-3-1-4-18(13-17)24-20(27)15-25-12-2-9-23-25;/h1-4,9,12-13,16,21H,5-8,10-11,14-15H2,(H,22,26)(H,24,27);1H. The largest absolute Gasteiger partial charge is 0.352 e. The minimum atomic E-state index is -0.137. The van der Waals surface area contributed by atoms with Crippen molar-refractivity contribution < 1.29 is 9.59 Å². The summed E-state index contributed by atoms with van der Waals surface area (Å²) in [5.74, 6) is 0.605. The lowest BCUT2D eigenvalue weighted by Crippen LogP contribution is -2.29. The van der Waals surface area contributed by atoms with Gasteiger partial charge in [0.05, 0.1) is 0 Å². The van der Waals surface area contributed by atoms with Crippen LogP contribution in [0.15, 0.2) is 42.7 Å². The smallest absolute Gasteiger partial charge is 0.246 e. The molecule has 2 heterocycles. The number of nitrogens with zero attached hydrogens (tertiary/aromatic N) is 2. The molecule has 0 saturated carbocycles. The zero-order valence-corrected chi connectivity index (χ0v) is 16.7. The molecule has 0 atom stereocenters. The maximum atomic E-state index is 12.1. The van der Waals surface area contributed by atoms with Crippen LogP contribution in [0, 0.1) is 5.92 Å². The Morgan fingerprint density at radius 1 is 1.18 bits per heavy atom. The molecule has 2 aromatic rings. The molecule has 3 N–H and O–H groups in total. The van der Waals surface area contributed by atoms with Crippen LogP contribution in [-0.4, -0.2) is 34.7 Å². The first-order valence-electron chi connectivity index (χ1n) is 9.52. The van der Waals surface area contributed by atoms with Gasteiger partial charge in [-0.15, -0.1) is 12.4 Å². The Balaban J connectivity index is 0.00000280. The number of aromatic nitrogens is 2. The van der Waals surface area contributed by atoms with Gasteiger partial charge in [-0.1, -0.05) is 12.1 Å². The van der Waals surface area contributed by atoms with Crippen LogP contribution in [0.25, 0.3) is 0 Å². The van der Waals surface area contributed by atoms with E-state index in [1.54, 1.807) is 23.1 Å². The molecule has 8 heteroatoms. The average Bonchev–Trinajstić information content (AvgIpc) is 3.18. The fourth-order valence-electron chi connectivity index (χ4n) is 3.30. The summed E-state index contributed by atoms with van der Waals surface area (Å²) in [6.45, 7) is 2.76. The Morgan fingerprint density at radius 2 is 2.00 bits per heavy atom. The van der Waals surface area contributed by atoms with Gasteiger partial charge in [-0.2, -0.15) is 5.10 Å². The van der Waals surface area contributed by atoms with Crippen LogP contribution < -0.4 is 16.0 Å². The molecule has 0 bridgehead atoms. The predicted molar refractivity (Wildman–Crippen MR) is 111 cm³/mol. The van der Waals surface area contributed by atoms with Gasteiger partial charge in [-0.3, -0.25) is 14.3 Å². The summed E-state index contributed by atoms with van der Waals surface area (Å²) in [6, 6.07) is 9.31. The number of hydrogen-bond donors (Lipinski definition) is 3. The number of piperidine rings is 1. The van der Waals surface area contributed by atoms with E-state index in [9.17, 15) is 9.59 Å². The van der Waals surface area contributed by atoms with Crippen molar-refractivity contribution in [3.63, 3.8) is 0 Å². The van der Waals surface area contributed by atoms with Crippen LogP contribution in [0.2, 0.25) is 0 Å². The molecule has 1 fully saturated rings. The third-order valence-corrected chi connectivity index (χ3v) is 4.80. The number of rotatable bonds is 8. The number of anilines is 1. The van der Waals surface area contributed by atoms with Crippen molar-refractivity contribution in [2.75, 3.05) is 18.4 Å². The topological polar surface area (TPSA) is 88.0 Å². The molecule has 3 rings (SSSR count). The van der Waals surface area contributed by atoms with E-state index in [1.165, 1.54) is 0 Å². The van der Waals surface area contributed by atoms with Crippen molar-refractivity contribution in [3.8, 4) is 0 Å². The number of hydrogen-bond acceptors (Lipinski definition) is 4. The SMILES string of the molecule is Cl.O=C(CCC1CCNCC1)NCc1cccc(NC(=O)Cn2cccn2)c1. The first-order valence-corrected chi connectivity index (χ1v) is 9.52. The van der Waals surface area contributed by atoms with Crippen molar-refractivity contribution in [1.82, 2.24) is 20.4 Å². The Kier molecular flexibility index (Phi) is 8.97. The van der Waals surface area contributed by atoms with Crippen LogP contribution in [-0.2, 0) is 22.7 Å². The van der Waals surface area contributed by atoms with Crippen molar-refractivity contribution >= 4 is 29.9 Å². The van der Waals surface area contributed by atoms with E-state index >= 15 is 0 Å². The quantitative estimate of drug-likeness (QED) is 0.629. The molecule has 28 heavy (non-hydrogen) atoms. The molecule has 0 aliphatic carbocycles. The van der Waals surface area contributed by atoms with E-state index in [1.807, 2.05) is 24.3 Å². The van der Waals surface area contributed by atoms with E-state index in [2.05, 4.69) is 21.0 Å². The summed E-state index contributed by atoms with van der Waals surface area (Å²) in [5.41, 5.74) is 1.68. The second kappa shape index (κ2) is 11.5. The number of nitrogens with one attached hydrogen (secondary N) is 3. The van der Waals surface area contributed by atoms with Gasteiger partial charge in [0, 0.05) is 31.0 Å². The Bertz CT molecular complexity index is 745. The van der Waals surface area contributed by atoms with Gasteiger partial charge in [-0.25, -0.2) is 0 Å². The average molecular weight is 406 g/mol. The highest BCUT2D eigenvalue weighted by Gasteiger charge is 2.14. The van der Waals surface area contributed by atoms with Gasteiger partial charge in [0.2, 0.25) is 11.8 Å². The highest BCUT2D eigenvalue weighted by molar-refractivity contribution is 5.90. The van der Waals surface area contributed by atoms with Crippen molar-refractivity contribution in [2.24, 2.45) is 5.92 Å². The third kappa shape index (κ3) is 7.32. The lowest BCUT2D eigenvalue weighted by molar-refractivity contribution is -0.121. The summed E-state index contributed by atoms with van der Waals surface area (Å²) in [7, 11) is 0. The maximum absolute atomic E-state index is 12.1. The summed E-state index contributed by atoms with van der Waals surface area (Å²) in [5, 5.41) is 13.2. The van der Waals surface area contributed by atoms with Gasteiger partial charge >= 0.3 is 0 Å². The maximum Gasteiger partial charge on any atom is 0.246 e. The number of carbonyl (C=O) groups is 2. The number of benzene rings is 1. The summed E-state index contributed by atoms with van der Waals surface area (Å²) in [4.78, 5) is 24.1. The zero-order chi connectivity index (χ0) is 18.9. The summed E-state index contributed by atoms with van der Waals surface area (Å²) < 4.78 is 1.57. The second-order valence-corrected chi connectivity index (χ2v) is 6.96. The van der Waals surface area contributed by atoms with Gasteiger partial charge in [0.15, 0.2) is 0 Å². The first-order chi connectivity index (χ1) is 13.2. The molecule has 1 aliphatic rings. The van der Waals surface area contributed by atoms with E-state index in [4.69, 9.17) is 0 Å². The van der Waals surface area contributed by atoms with E-state index in [-0.39, 0.29) is 30.8 Å². The molecule has 0 radical (unpaired) electrons. The minimum Gasteiger partial charge on any atom is -0.352 e. The molecule has 0 spiro atoms. The summed E-state index contributed by atoms with van der Waals surface area (Å²) in [6.07, 6.45) is 7.24. The Morgan fingerprint density at radius 3 is 2.75 bits per heavy atom. The summed E-state index contributed by atoms with van der Waals surface area (Å²) >= 11 is 0. The van der Waals surface area contributed by atoms with Gasteiger partial charge in [0.25, 0.3) is 0 Å². The highest BCUT2D eigenvalue weighted by atomic mass is 35.5. The van der Waals surface area contributed by atoms with E-state index in [0.29, 0.717) is 24.6 Å². The molecule has 2 amide bonds. The van der Waals surface area contributed by atoms with E-state index < -0.39 is 0 Å². The molecule has 1 aromatic carbocycles. The molecule has 1 saturated heterocycles. The third-order valence-electron chi connectivity index (χ3n) is 4.80. The Labute approximate surface area is 171 Å². The zero-order valence-electron chi connectivity index (χ0n) is 15.9. The normalized spacial score (nSPS) is 14.1. The van der Waals surface area contributed by atoms with Gasteiger partial charge in [0.1, 0.15) is 6.54 Å². The molecule has 7 nitrogen and oxygen atoms in total. The fraction of sp³-hybridized carbons (Fsp3) is 0.450. The molecule has 0 unspecified atom stereocenters. The second-order valence-electron chi connectivity index (χ2n) is 6.96. The van der Waals surface area contributed by atoms with Crippen molar-refractivity contribution in [1.29, 1.82) is 0 Å². The highest BCUT2D eigenvalue weighted by Crippen LogP contribution is 2.17. The molecule has 152 valence electrons. The van der Waals surface area contributed by atoms with Crippen molar-refractivity contribution in [3.05, 3.63) is 48.3 Å². The van der Waals surface area contributed by atoms with Gasteiger partial charge in [-0.05, 0) is 62.0 Å². The van der Waals surface area contributed by atoms with Crippen LogP contribution in [0.1, 0.15) is 31.2 Å². The van der Waals surface area contributed by atoms with E-state index in [0.717, 1.165) is 37.9 Å². The first kappa shape index (κ1) is 21.9.